The normalized spacial score (nSPS) is 12.1. The summed E-state index contributed by atoms with van der Waals surface area (Å²) in [5.41, 5.74) is 0.785. The van der Waals surface area contributed by atoms with Crippen molar-refractivity contribution in [2.24, 2.45) is 0 Å². The number of fused-ring (bicyclic) bond motifs is 1. The van der Waals surface area contributed by atoms with Gasteiger partial charge in [0, 0.05) is 22.7 Å². The number of amides is 1. The third-order valence-electron chi connectivity index (χ3n) is 3.21. The molecule has 1 N–H and O–H groups in total. The molecule has 0 fully saturated rings. The van der Waals surface area contributed by atoms with Crippen LogP contribution in [0.4, 0.5) is 0 Å². The Labute approximate surface area is 143 Å². The summed E-state index contributed by atoms with van der Waals surface area (Å²) in [7, 11) is 0. The summed E-state index contributed by atoms with van der Waals surface area (Å²) >= 11 is 11.9. The first-order valence-electron chi connectivity index (χ1n) is 6.85. The zero-order valence-corrected chi connectivity index (χ0v) is 13.5. The van der Waals surface area contributed by atoms with Crippen molar-refractivity contribution in [3.05, 3.63) is 52.0 Å². The Kier molecular flexibility index (Phi) is 4.79. The Morgan fingerprint density at radius 3 is 2.78 bits per heavy atom. The van der Waals surface area contributed by atoms with E-state index in [-0.39, 0.29) is 19.3 Å². The van der Waals surface area contributed by atoms with E-state index in [1.807, 2.05) is 0 Å². The average molecular weight is 354 g/mol. The van der Waals surface area contributed by atoms with Crippen molar-refractivity contribution in [2.75, 3.05) is 13.4 Å². The zero-order valence-electron chi connectivity index (χ0n) is 12.0. The standard InChI is InChI=1S/C16H13Cl2NO4/c17-11-2-1-10(13(18)5-11)7-19-16(20)8-21-12-3-4-14-15(6-12)23-9-22-14/h1-6H,7-9H2,(H,19,20). The molecule has 0 radical (unpaired) electrons. The molecule has 0 aromatic heterocycles. The van der Waals surface area contributed by atoms with Crippen molar-refractivity contribution in [1.29, 1.82) is 0 Å². The molecular weight excluding hydrogens is 341 g/mol. The van der Waals surface area contributed by atoms with Gasteiger partial charge in [0.15, 0.2) is 18.1 Å². The van der Waals surface area contributed by atoms with Crippen LogP contribution in [0.15, 0.2) is 36.4 Å². The van der Waals surface area contributed by atoms with Crippen molar-refractivity contribution in [1.82, 2.24) is 5.32 Å². The maximum Gasteiger partial charge on any atom is 0.258 e. The lowest BCUT2D eigenvalue weighted by atomic mass is 10.2. The molecule has 0 aliphatic carbocycles. The van der Waals surface area contributed by atoms with Crippen molar-refractivity contribution >= 4 is 29.1 Å². The van der Waals surface area contributed by atoms with Gasteiger partial charge in [0.2, 0.25) is 6.79 Å². The number of halogens is 2. The minimum atomic E-state index is -0.256. The summed E-state index contributed by atoms with van der Waals surface area (Å²) in [6, 6.07) is 10.3. The smallest absolute Gasteiger partial charge is 0.258 e. The maximum absolute atomic E-state index is 11.8. The van der Waals surface area contributed by atoms with Crippen LogP contribution in [0.2, 0.25) is 10.0 Å². The van der Waals surface area contributed by atoms with Crippen LogP contribution in [-0.4, -0.2) is 19.3 Å². The first-order valence-corrected chi connectivity index (χ1v) is 7.60. The van der Waals surface area contributed by atoms with E-state index in [1.165, 1.54) is 0 Å². The summed E-state index contributed by atoms with van der Waals surface area (Å²) in [6.45, 7) is 0.394. The van der Waals surface area contributed by atoms with Gasteiger partial charge in [0.05, 0.1) is 0 Å². The second kappa shape index (κ2) is 6.98. The predicted octanol–water partition coefficient (Wildman–Crippen LogP) is 3.42. The van der Waals surface area contributed by atoms with Gasteiger partial charge in [-0.2, -0.15) is 0 Å². The van der Waals surface area contributed by atoms with Gasteiger partial charge in [-0.15, -0.1) is 0 Å². The van der Waals surface area contributed by atoms with E-state index in [0.29, 0.717) is 33.8 Å². The van der Waals surface area contributed by atoms with E-state index in [2.05, 4.69) is 5.32 Å². The summed E-state index contributed by atoms with van der Waals surface area (Å²) in [6.07, 6.45) is 0. The second-order valence-electron chi connectivity index (χ2n) is 4.82. The van der Waals surface area contributed by atoms with Crippen molar-refractivity contribution in [3.8, 4) is 17.2 Å². The average Bonchev–Trinajstić information content (AvgIpc) is 2.99. The molecule has 7 heteroatoms. The molecule has 0 saturated carbocycles. The first kappa shape index (κ1) is 15.8. The molecule has 0 bridgehead atoms. The Morgan fingerprint density at radius 2 is 1.96 bits per heavy atom. The summed E-state index contributed by atoms with van der Waals surface area (Å²) in [5.74, 6) is 1.55. The molecule has 2 aromatic rings. The highest BCUT2D eigenvalue weighted by molar-refractivity contribution is 6.35. The number of rotatable bonds is 5. The van der Waals surface area contributed by atoms with Crippen LogP contribution in [0.1, 0.15) is 5.56 Å². The van der Waals surface area contributed by atoms with Gasteiger partial charge in [-0.05, 0) is 29.8 Å². The third-order valence-corrected chi connectivity index (χ3v) is 3.79. The Hall–Kier alpha value is -2.11. The lowest BCUT2D eigenvalue weighted by molar-refractivity contribution is -0.123. The highest BCUT2D eigenvalue weighted by Crippen LogP contribution is 2.35. The van der Waals surface area contributed by atoms with Crippen LogP contribution in [0.3, 0.4) is 0 Å². The van der Waals surface area contributed by atoms with E-state index in [0.717, 1.165) is 5.56 Å². The molecule has 1 aliphatic rings. The van der Waals surface area contributed by atoms with E-state index in [1.54, 1.807) is 36.4 Å². The van der Waals surface area contributed by atoms with Gasteiger partial charge in [-0.3, -0.25) is 4.79 Å². The van der Waals surface area contributed by atoms with Gasteiger partial charge >= 0.3 is 0 Å². The van der Waals surface area contributed by atoms with Crippen LogP contribution in [0.5, 0.6) is 17.2 Å². The van der Waals surface area contributed by atoms with Crippen LogP contribution in [-0.2, 0) is 11.3 Å². The topological polar surface area (TPSA) is 56.8 Å². The number of hydrogen-bond acceptors (Lipinski definition) is 4. The molecule has 0 saturated heterocycles. The number of ether oxygens (including phenoxy) is 3. The van der Waals surface area contributed by atoms with Gasteiger partial charge < -0.3 is 19.5 Å². The summed E-state index contributed by atoms with van der Waals surface area (Å²) in [4.78, 5) is 11.8. The van der Waals surface area contributed by atoms with Gasteiger partial charge in [-0.25, -0.2) is 0 Å². The van der Waals surface area contributed by atoms with Crippen LogP contribution >= 0.6 is 23.2 Å². The molecule has 2 aromatic carbocycles. The molecule has 120 valence electrons. The fourth-order valence-electron chi connectivity index (χ4n) is 2.03. The number of nitrogens with one attached hydrogen (secondary N) is 1. The molecule has 1 heterocycles. The van der Waals surface area contributed by atoms with Crippen LogP contribution < -0.4 is 19.5 Å². The minimum Gasteiger partial charge on any atom is -0.484 e. The fourth-order valence-corrected chi connectivity index (χ4v) is 2.50. The number of hydrogen-bond donors (Lipinski definition) is 1. The molecule has 5 nitrogen and oxygen atoms in total. The van der Waals surface area contributed by atoms with E-state index >= 15 is 0 Å². The lowest BCUT2D eigenvalue weighted by Crippen LogP contribution is -2.28. The zero-order chi connectivity index (χ0) is 16.2. The van der Waals surface area contributed by atoms with E-state index < -0.39 is 0 Å². The second-order valence-corrected chi connectivity index (χ2v) is 5.66. The Bertz CT molecular complexity index is 736. The highest BCUT2D eigenvalue weighted by atomic mass is 35.5. The number of carbonyl (C=O) groups excluding carboxylic acids is 1. The highest BCUT2D eigenvalue weighted by Gasteiger charge is 2.14. The first-order chi connectivity index (χ1) is 11.1. The third kappa shape index (κ3) is 4.00. The Morgan fingerprint density at radius 1 is 1.13 bits per heavy atom. The maximum atomic E-state index is 11.8. The monoisotopic (exact) mass is 353 g/mol. The molecule has 0 atom stereocenters. The quantitative estimate of drug-likeness (QED) is 0.894. The van der Waals surface area contributed by atoms with Crippen LogP contribution in [0, 0.1) is 0 Å². The van der Waals surface area contributed by atoms with E-state index in [4.69, 9.17) is 37.4 Å². The SMILES string of the molecule is O=C(COc1ccc2c(c1)OCO2)NCc1ccc(Cl)cc1Cl. The molecule has 0 unspecified atom stereocenters. The van der Waals surface area contributed by atoms with Crippen molar-refractivity contribution in [2.45, 2.75) is 6.54 Å². The number of carbonyl (C=O) groups is 1. The molecule has 23 heavy (non-hydrogen) atoms. The predicted molar refractivity (Wildman–Crippen MR) is 86.4 cm³/mol. The number of benzene rings is 2. The molecular formula is C16H13Cl2NO4. The summed E-state index contributed by atoms with van der Waals surface area (Å²) in [5, 5.41) is 3.80. The van der Waals surface area contributed by atoms with Crippen molar-refractivity contribution < 1.29 is 19.0 Å². The van der Waals surface area contributed by atoms with Gasteiger partial charge in [0.1, 0.15) is 5.75 Å². The fraction of sp³-hybridized carbons (Fsp3) is 0.188. The molecule has 1 aliphatic heterocycles. The molecule has 0 spiro atoms. The molecule has 3 rings (SSSR count). The van der Waals surface area contributed by atoms with Crippen molar-refractivity contribution in [3.63, 3.8) is 0 Å². The lowest BCUT2D eigenvalue weighted by Gasteiger charge is -2.09. The van der Waals surface area contributed by atoms with E-state index in [9.17, 15) is 4.79 Å². The minimum absolute atomic E-state index is 0.106. The summed E-state index contributed by atoms with van der Waals surface area (Å²) < 4.78 is 15.9. The Balaban J connectivity index is 1.50. The molecule has 1 amide bonds. The van der Waals surface area contributed by atoms with Gasteiger partial charge in [-0.1, -0.05) is 29.3 Å². The largest absolute Gasteiger partial charge is 0.484 e. The van der Waals surface area contributed by atoms with Crippen LogP contribution in [0.25, 0.3) is 0 Å². The van der Waals surface area contributed by atoms with Gasteiger partial charge in [0.25, 0.3) is 5.91 Å².